The van der Waals surface area contributed by atoms with Gasteiger partial charge in [0.2, 0.25) is 0 Å². The lowest BCUT2D eigenvalue weighted by molar-refractivity contribution is 0.226. The van der Waals surface area contributed by atoms with Crippen molar-refractivity contribution in [2.75, 3.05) is 19.5 Å². The Labute approximate surface area is 107 Å². The van der Waals surface area contributed by atoms with Gasteiger partial charge in [0.15, 0.2) is 11.6 Å². The van der Waals surface area contributed by atoms with Gasteiger partial charge in [-0.2, -0.15) is 0 Å². The zero-order valence-electron chi connectivity index (χ0n) is 10.5. The summed E-state index contributed by atoms with van der Waals surface area (Å²) >= 11 is 5.75. The topological polar surface area (TPSA) is 12.5 Å². The average molecular weight is 260 g/mol. The molecule has 0 amide bonds. The third kappa shape index (κ3) is 4.17. The van der Waals surface area contributed by atoms with E-state index in [4.69, 9.17) is 16.3 Å². The molecular weight excluding hydrogens is 241 g/mol. The number of nitrogens with zero attached hydrogens (tertiary/aromatic N) is 1. The van der Waals surface area contributed by atoms with Crippen LogP contribution in [-0.4, -0.2) is 30.5 Å². The number of ether oxygens (including phenoxy) is 1. The first-order chi connectivity index (χ1) is 8.08. The molecule has 0 saturated carbocycles. The molecule has 0 aromatic heterocycles. The fourth-order valence-corrected chi connectivity index (χ4v) is 1.89. The minimum atomic E-state index is -0.320. The van der Waals surface area contributed by atoms with Crippen molar-refractivity contribution in [3.8, 4) is 5.75 Å². The molecule has 1 aromatic rings. The third-order valence-corrected chi connectivity index (χ3v) is 2.87. The first kappa shape index (κ1) is 14.3. The number of benzene rings is 1. The van der Waals surface area contributed by atoms with Crippen LogP contribution in [-0.2, 0) is 6.54 Å². The van der Waals surface area contributed by atoms with Crippen molar-refractivity contribution in [2.45, 2.75) is 26.4 Å². The highest BCUT2D eigenvalue weighted by molar-refractivity contribution is 6.18. The second-order valence-electron chi connectivity index (χ2n) is 4.22. The number of methoxy groups -OCH3 is 1. The molecule has 0 N–H and O–H groups in total. The van der Waals surface area contributed by atoms with Crippen LogP contribution >= 0.6 is 11.6 Å². The second kappa shape index (κ2) is 6.82. The molecule has 0 unspecified atom stereocenters. The number of hydrogen-bond acceptors (Lipinski definition) is 2. The van der Waals surface area contributed by atoms with E-state index in [1.165, 1.54) is 13.2 Å². The van der Waals surface area contributed by atoms with Gasteiger partial charge in [-0.1, -0.05) is 6.07 Å². The Balaban J connectivity index is 2.76. The van der Waals surface area contributed by atoms with Crippen LogP contribution in [0.25, 0.3) is 0 Å². The van der Waals surface area contributed by atoms with E-state index in [0.29, 0.717) is 18.5 Å². The number of alkyl halides is 1. The Morgan fingerprint density at radius 1 is 1.41 bits per heavy atom. The van der Waals surface area contributed by atoms with E-state index in [0.717, 1.165) is 12.1 Å². The predicted octanol–water partition coefficient (Wildman–Crippen LogP) is 3.28. The van der Waals surface area contributed by atoms with Crippen LogP contribution < -0.4 is 4.74 Å². The molecule has 0 radical (unpaired) electrons. The summed E-state index contributed by atoms with van der Waals surface area (Å²) in [4.78, 5) is 2.20. The quantitative estimate of drug-likeness (QED) is 0.727. The van der Waals surface area contributed by atoms with Crippen molar-refractivity contribution in [3.63, 3.8) is 0 Å². The molecule has 0 bridgehead atoms. The van der Waals surface area contributed by atoms with Crippen LogP contribution in [0.15, 0.2) is 18.2 Å². The largest absolute Gasteiger partial charge is 0.494 e. The Kier molecular flexibility index (Phi) is 5.72. The van der Waals surface area contributed by atoms with Gasteiger partial charge in [0, 0.05) is 25.0 Å². The molecule has 0 atom stereocenters. The summed E-state index contributed by atoms with van der Waals surface area (Å²) in [6.45, 7) is 5.71. The molecular formula is C13H19ClFNO. The van der Waals surface area contributed by atoms with Crippen molar-refractivity contribution in [1.82, 2.24) is 4.90 Å². The van der Waals surface area contributed by atoms with Gasteiger partial charge in [0.05, 0.1) is 7.11 Å². The molecule has 0 aliphatic carbocycles. The summed E-state index contributed by atoms with van der Waals surface area (Å²) in [5.74, 6) is 0.540. The zero-order chi connectivity index (χ0) is 12.8. The normalized spacial score (nSPS) is 11.2. The lowest BCUT2D eigenvalue weighted by Crippen LogP contribution is -2.32. The van der Waals surface area contributed by atoms with Crippen molar-refractivity contribution >= 4 is 11.6 Å². The maximum atomic E-state index is 13.5. The second-order valence-corrected chi connectivity index (χ2v) is 4.60. The zero-order valence-corrected chi connectivity index (χ0v) is 11.3. The third-order valence-electron chi connectivity index (χ3n) is 2.70. The van der Waals surface area contributed by atoms with E-state index in [9.17, 15) is 4.39 Å². The van der Waals surface area contributed by atoms with Crippen LogP contribution in [0.2, 0.25) is 0 Å². The van der Waals surface area contributed by atoms with E-state index in [2.05, 4.69) is 18.7 Å². The van der Waals surface area contributed by atoms with Gasteiger partial charge >= 0.3 is 0 Å². The summed E-state index contributed by atoms with van der Waals surface area (Å²) in [6, 6.07) is 5.44. The summed E-state index contributed by atoms with van der Waals surface area (Å²) in [5, 5.41) is 0. The highest BCUT2D eigenvalue weighted by Gasteiger charge is 2.11. The standard InChI is InChI=1S/C13H19ClFNO/c1-10(2)16(7-6-14)9-11-4-5-13(17-3)12(15)8-11/h4-5,8,10H,6-7,9H2,1-3H3. The highest BCUT2D eigenvalue weighted by atomic mass is 35.5. The molecule has 96 valence electrons. The van der Waals surface area contributed by atoms with Crippen molar-refractivity contribution in [1.29, 1.82) is 0 Å². The smallest absolute Gasteiger partial charge is 0.165 e. The maximum absolute atomic E-state index is 13.5. The maximum Gasteiger partial charge on any atom is 0.165 e. The molecule has 17 heavy (non-hydrogen) atoms. The molecule has 1 rings (SSSR count). The van der Waals surface area contributed by atoms with Gasteiger partial charge in [0.25, 0.3) is 0 Å². The minimum absolute atomic E-state index is 0.280. The molecule has 0 saturated heterocycles. The summed E-state index contributed by atoms with van der Waals surface area (Å²) in [6.07, 6.45) is 0. The molecule has 0 heterocycles. The lowest BCUT2D eigenvalue weighted by Gasteiger charge is -2.25. The van der Waals surface area contributed by atoms with E-state index in [1.807, 2.05) is 6.07 Å². The van der Waals surface area contributed by atoms with Crippen LogP contribution in [0.5, 0.6) is 5.75 Å². The van der Waals surface area contributed by atoms with Crippen LogP contribution in [0.1, 0.15) is 19.4 Å². The van der Waals surface area contributed by atoms with Crippen LogP contribution in [0.3, 0.4) is 0 Å². The monoisotopic (exact) mass is 259 g/mol. The highest BCUT2D eigenvalue weighted by Crippen LogP contribution is 2.19. The van der Waals surface area contributed by atoms with Gasteiger partial charge in [-0.05, 0) is 31.5 Å². The summed E-state index contributed by atoms with van der Waals surface area (Å²) < 4.78 is 18.4. The molecule has 2 nitrogen and oxygen atoms in total. The Morgan fingerprint density at radius 2 is 2.12 bits per heavy atom. The SMILES string of the molecule is COc1ccc(CN(CCCl)C(C)C)cc1F. The molecule has 1 aromatic carbocycles. The van der Waals surface area contributed by atoms with Gasteiger partial charge in [-0.3, -0.25) is 4.90 Å². The number of rotatable bonds is 6. The molecule has 0 aliphatic rings. The van der Waals surface area contributed by atoms with Gasteiger partial charge in [0.1, 0.15) is 0 Å². The van der Waals surface area contributed by atoms with Crippen molar-refractivity contribution < 1.29 is 9.13 Å². The van der Waals surface area contributed by atoms with Gasteiger partial charge < -0.3 is 4.74 Å². The predicted molar refractivity (Wildman–Crippen MR) is 69.2 cm³/mol. The van der Waals surface area contributed by atoms with Crippen molar-refractivity contribution in [2.24, 2.45) is 0 Å². The fraction of sp³-hybridized carbons (Fsp3) is 0.538. The Bertz CT molecular complexity index is 357. The summed E-state index contributed by atoms with van der Waals surface area (Å²) in [5.41, 5.74) is 0.933. The first-order valence-electron chi connectivity index (χ1n) is 5.71. The molecule has 0 fully saturated rings. The lowest BCUT2D eigenvalue weighted by atomic mass is 10.1. The van der Waals surface area contributed by atoms with E-state index in [1.54, 1.807) is 6.07 Å². The van der Waals surface area contributed by atoms with Crippen LogP contribution in [0, 0.1) is 5.82 Å². The Morgan fingerprint density at radius 3 is 2.59 bits per heavy atom. The van der Waals surface area contributed by atoms with Gasteiger partial charge in [-0.25, -0.2) is 4.39 Å². The first-order valence-corrected chi connectivity index (χ1v) is 6.24. The van der Waals surface area contributed by atoms with E-state index >= 15 is 0 Å². The fourth-order valence-electron chi connectivity index (χ4n) is 1.67. The Hall–Kier alpha value is -0.800. The average Bonchev–Trinajstić information content (AvgIpc) is 2.28. The van der Waals surface area contributed by atoms with E-state index < -0.39 is 0 Å². The summed E-state index contributed by atoms with van der Waals surface area (Å²) in [7, 11) is 1.46. The van der Waals surface area contributed by atoms with Crippen LogP contribution in [0.4, 0.5) is 4.39 Å². The molecule has 4 heteroatoms. The van der Waals surface area contributed by atoms with E-state index in [-0.39, 0.29) is 11.6 Å². The van der Waals surface area contributed by atoms with Gasteiger partial charge in [-0.15, -0.1) is 11.6 Å². The number of hydrogen-bond donors (Lipinski definition) is 0. The molecule has 0 spiro atoms. The van der Waals surface area contributed by atoms with Crippen molar-refractivity contribution in [3.05, 3.63) is 29.6 Å². The number of halogens is 2. The minimum Gasteiger partial charge on any atom is -0.494 e. The molecule has 0 aliphatic heterocycles.